The second-order valence-corrected chi connectivity index (χ2v) is 7.86. The lowest BCUT2D eigenvalue weighted by Gasteiger charge is -2.35. The molecule has 5 heteroatoms. The number of carbonyl (C=O) groups is 1. The molecule has 1 amide bonds. The van der Waals surface area contributed by atoms with Crippen LogP contribution in [0.1, 0.15) is 31.9 Å². The van der Waals surface area contributed by atoms with Gasteiger partial charge < -0.3 is 0 Å². The SMILES string of the molecule is Cc1sc2c(c1C)CN(Cc1cccnc1)CN2C(=O)c1ccccc1. The van der Waals surface area contributed by atoms with Gasteiger partial charge in [0.05, 0.1) is 6.67 Å². The summed E-state index contributed by atoms with van der Waals surface area (Å²) >= 11 is 1.72. The van der Waals surface area contributed by atoms with E-state index < -0.39 is 0 Å². The van der Waals surface area contributed by atoms with Crippen LogP contribution in [0.4, 0.5) is 5.00 Å². The number of carbonyl (C=O) groups excluding carboxylic acids is 1. The summed E-state index contributed by atoms with van der Waals surface area (Å²) in [6, 6.07) is 13.6. The van der Waals surface area contributed by atoms with Gasteiger partial charge in [-0.15, -0.1) is 11.3 Å². The summed E-state index contributed by atoms with van der Waals surface area (Å²) in [4.78, 5) is 22.9. The smallest absolute Gasteiger partial charge is 0.260 e. The van der Waals surface area contributed by atoms with Crippen LogP contribution in [0.25, 0.3) is 0 Å². The minimum Gasteiger partial charge on any atom is -0.286 e. The van der Waals surface area contributed by atoms with E-state index in [1.165, 1.54) is 16.0 Å². The van der Waals surface area contributed by atoms with Crippen LogP contribution >= 0.6 is 11.3 Å². The zero-order valence-corrected chi connectivity index (χ0v) is 15.8. The number of benzene rings is 1. The summed E-state index contributed by atoms with van der Waals surface area (Å²) in [6.45, 7) is 6.52. The molecule has 0 radical (unpaired) electrons. The molecular weight excluding hydrogens is 342 g/mol. The first-order valence-electron chi connectivity index (χ1n) is 8.70. The number of aryl methyl sites for hydroxylation is 1. The summed E-state index contributed by atoms with van der Waals surface area (Å²) in [6.07, 6.45) is 3.68. The molecule has 3 heterocycles. The maximum atomic E-state index is 13.2. The van der Waals surface area contributed by atoms with E-state index in [-0.39, 0.29) is 5.91 Å². The van der Waals surface area contributed by atoms with Crippen LogP contribution < -0.4 is 4.90 Å². The van der Waals surface area contributed by atoms with Crippen molar-refractivity contribution in [3.8, 4) is 0 Å². The molecule has 4 nitrogen and oxygen atoms in total. The van der Waals surface area contributed by atoms with Crippen molar-refractivity contribution in [2.24, 2.45) is 0 Å². The molecule has 0 fully saturated rings. The average Bonchev–Trinajstić information content (AvgIpc) is 2.97. The Morgan fingerprint density at radius 3 is 2.69 bits per heavy atom. The maximum absolute atomic E-state index is 13.2. The number of anilines is 1. The molecule has 26 heavy (non-hydrogen) atoms. The second-order valence-electron chi connectivity index (χ2n) is 6.66. The molecule has 4 rings (SSSR count). The van der Waals surface area contributed by atoms with Crippen molar-refractivity contribution in [3.63, 3.8) is 0 Å². The van der Waals surface area contributed by atoms with Crippen molar-refractivity contribution >= 4 is 22.2 Å². The van der Waals surface area contributed by atoms with Crippen LogP contribution in [0.2, 0.25) is 0 Å². The number of fused-ring (bicyclic) bond motifs is 1. The summed E-state index contributed by atoms with van der Waals surface area (Å²) in [5.41, 5.74) is 4.46. The number of aromatic nitrogens is 1. The topological polar surface area (TPSA) is 36.4 Å². The Morgan fingerprint density at radius 1 is 1.15 bits per heavy atom. The minimum atomic E-state index is 0.0592. The molecule has 0 aliphatic carbocycles. The summed E-state index contributed by atoms with van der Waals surface area (Å²) < 4.78 is 0. The van der Waals surface area contributed by atoms with Gasteiger partial charge in [-0.05, 0) is 43.2 Å². The van der Waals surface area contributed by atoms with E-state index in [0.717, 1.165) is 29.2 Å². The van der Waals surface area contributed by atoms with Gasteiger partial charge in [-0.1, -0.05) is 24.3 Å². The van der Waals surface area contributed by atoms with Crippen LogP contribution in [-0.4, -0.2) is 22.5 Å². The molecule has 0 unspecified atom stereocenters. The zero-order chi connectivity index (χ0) is 18.1. The zero-order valence-electron chi connectivity index (χ0n) is 15.0. The predicted molar refractivity (Wildman–Crippen MR) is 105 cm³/mol. The van der Waals surface area contributed by atoms with Crippen LogP contribution in [0.15, 0.2) is 54.9 Å². The number of rotatable bonds is 3. The molecule has 132 valence electrons. The number of pyridine rings is 1. The highest BCUT2D eigenvalue weighted by atomic mass is 32.1. The number of nitrogens with zero attached hydrogens (tertiary/aromatic N) is 3. The van der Waals surface area contributed by atoms with Gasteiger partial charge >= 0.3 is 0 Å². The van der Waals surface area contributed by atoms with Crippen LogP contribution in [-0.2, 0) is 13.1 Å². The van der Waals surface area contributed by atoms with Gasteiger partial charge in [-0.2, -0.15) is 0 Å². The first kappa shape index (κ1) is 16.9. The highest BCUT2D eigenvalue weighted by molar-refractivity contribution is 7.16. The molecule has 0 saturated carbocycles. The number of amides is 1. The quantitative estimate of drug-likeness (QED) is 0.693. The summed E-state index contributed by atoms with van der Waals surface area (Å²) in [5, 5.41) is 1.09. The third-order valence-electron chi connectivity index (χ3n) is 4.85. The third-order valence-corrected chi connectivity index (χ3v) is 6.12. The molecule has 0 saturated heterocycles. The van der Waals surface area contributed by atoms with E-state index >= 15 is 0 Å². The van der Waals surface area contributed by atoms with Crippen LogP contribution in [0, 0.1) is 13.8 Å². The Morgan fingerprint density at radius 2 is 1.96 bits per heavy atom. The fourth-order valence-corrected chi connectivity index (χ4v) is 4.50. The normalized spacial score (nSPS) is 14.3. The van der Waals surface area contributed by atoms with Crippen molar-refractivity contribution in [1.82, 2.24) is 9.88 Å². The van der Waals surface area contributed by atoms with Crippen molar-refractivity contribution in [3.05, 3.63) is 82.0 Å². The third kappa shape index (κ3) is 3.16. The Hall–Kier alpha value is -2.50. The Bertz CT molecular complexity index is 921. The molecule has 0 atom stereocenters. The van der Waals surface area contributed by atoms with E-state index in [0.29, 0.717) is 6.67 Å². The molecule has 1 aliphatic rings. The standard InChI is InChI=1S/C21H21N3OS/c1-15-16(2)26-21-19(15)13-23(12-17-7-6-10-22-11-17)14-24(21)20(25)18-8-4-3-5-9-18/h3-11H,12-14H2,1-2H3. The van der Waals surface area contributed by atoms with Gasteiger partial charge in [-0.3, -0.25) is 19.6 Å². The number of hydrogen-bond acceptors (Lipinski definition) is 4. The molecule has 1 aliphatic heterocycles. The maximum Gasteiger partial charge on any atom is 0.260 e. The molecule has 2 aromatic heterocycles. The van der Waals surface area contributed by atoms with Gasteiger partial charge in [0.25, 0.3) is 5.91 Å². The highest BCUT2D eigenvalue weighted by Gasteiger charge is 2.31. The van der Waals surface area contributed by atoms with E-state index in [1.54, 1.807) is 17.5 Å². The summed E-state index contributed by atoms with van der Waals surface area (Å²) in [7, 11) is 0. The Balaban J connectivity index is 1.68. The first-order chi connectivity index (χ1) is 12.6. The van der Waals surface area contributed by atoms with Gasteiger partial charge in [0.2, 0.25) is 0 Å². The monoisotopic (exact) mass is 363 g/mol. The molecular formula is C21H21N3OS. The van der Waals surface area contributed by atoms with Crippen molar-refractivity contribution in [2.45, 2.75) is 26.9 Å². The lowest BCUT2D eigenvalue weighted by Crippen LogP contribution is -2.44. The van der Waals surface area contributed by atoms with Gasteiger partial charge in [0.1, 0.15) is 5.00 Å². The lowest BCUT2D eigenvalue weighted by atomic mass is 10.1. The lowest BCUT2D eigenvalue weighted by molar-refractivity contribution is 0.0957. The predicted octanol–water partition coefficient (Wildman–Crippen LogP) is 4.38. The van der Waals surface area contributed by atoms with E-state index in [9.17, 15) is 4.79 Å². The average molecular weight is 363 g/mol. The van der Waals surface area contributed by atoms with E-state index in [2.05, 4.69) is 29.8 Å². The van der Waals surface area contributed by atoms with Gasteiger partial charge in [0, 0.05) is 41.5 Å². The second kappa shape index (κ2) is 7.02. The van der Waals surface area contributed by atoms with E-state index in [1.807, 2.05) is 47.5 Å². The Kier molecular flexibility index (Phi) is 4.57. The van der Waals surface area contributed by atoms with Crippen molar-refractivity contribution in [2.75, 3.05) is 11.6 Å². The van der Waals surface area contributed by atoms with Crippen molar-refractivity contribution in [1.29, 1.82) is 0 Å². The van der Waals surface area contributed by atoms with E-state index in [4.69, 9.17) is 0 Å². The fraction of sp³-hybridized carbons (Fsp3) is 0.238. The molecule has 3 aromatic rings. The van der Waals surface area contributed by atoms with Crippen LogP contribution in [0.3, 0.4) is 0 Å². The highest BCUT2D eigenvalue weighted by Crippen LogP contribution is 2.40. The number of thiophene rings is 1. The largest absolute Gasteiger partial charge is 0.286 e. The first-order valence-corrected chi connectivity index (χ1v) is 9.52. The molecule has 0 spiro atoms. The van der Waals surface area contributed by atoms with Crippen molar-refractivity contribution < 1.29 is 4.79 Å². The number of hydrogen-bond donors (Lipinski definition) is 0. The minimum absolute atomic E-state index is 0.0592. The molecule has 0 bridgehead atoms. The van der Waals surface area contributed by atoms with Gasteiger partial charge in [0.15, 0.2) is 0 Å². The fourth-order valence-electron chi connectivity index (χ4n) is 3.35. The van der Waals surface area contributed by atoms with Crippen LogP contribution in [0.5, 0.6) is 0 Å². The van der Waals surface area contributed by atoms with Gasteiger partial charge in [-0.25, -0.2) is 0 Å². The summed E-state index contributed by atoms with van der Waals surface area (Å²) in [5.74, 6) is 0.0592. The molecule has 1 aromatic carbocycles. The Labute approximate surface area is 157 Å². The molecule has 0 N–H and O–H groups in total.